The molecule has 1 fully saturated rings. The molecule has 130 valence electrons. The number of halogens is 2. The van der Waals surface area contributed by atoms with Crippen LogP contribution in [-0.2, 0) is 13.2 Å². The minimum atomic E-state index is 0. The summed E-state index contributed by atoms with van der Waals surface area (Å²) in [5, 5.41) is 4.43. The van der Waals surface area contributed by atoms with Crippen LogP contribution in [0.4, 0.5) is 0 Å². The molecule has 1 N–H and O–H groups in total. The van der Waals surface area contributed by atoms with E-state index < -0.39 is 0 Å². The molecule has 0 saturated heterocycles. The zero-order chi connectivity index (χ0) is 15.9. The molecule has 0 heterocycles. The van der Waals surface area contributed by atoms with Gasteiger partial charge in [0.25, 0.3) is 0 Å². The maximum Gasteiger partial charge on any atom is 0.120 e. The summed E-state index contributed by atoms with van der Waals surface area (Å²) in [6.45, 7) is 1.49. The Labute approximate surface area is 156 Å². The molecule has 4 heteroatoms. The summed E-state index contributed by atoms with van der Waals surface area (Å²) < 4.78 is 5.89. The standard InChI is InChI=1S/C20H24ClNO.ClH/c21-18-11-9-16(10-12-18)15-23-20-8-4-5-17(13-20)14-22-19-6-2-1-3-7-19;/h4-5,8-13,19,22H,1-3,6-7,14-15H2;1H. The van der Waals surface area contributed by atoms with Crippen LogP contribution in [0.5, 0.6) is 5.75 Å². The van der Waals surface area contributed by atoms with Crippen LogP contribution < -0.4 is 10.1 Å². The minimum Gasteiger partial charge on any atom is -0.489 e. The van der Waals surface area contributed by atoms with Gasteiger partial charge in [-0.2, -0.15) is 0 Å². The Morgan fingerprint density at radius 3 is 2.46 bits per heavy atom. The van der Waals surface area contributed by atoms with Crippen molar-refractivity contribution in [3.63, 3.8) is 0 Å². The lowest BCUT2D eigenvalue weighted by Gasteiger charge is -2.23. The highest BCUT2D eigenvalue weighted by atomic mass is 35.5. The Balaban J connectivity index is 0.00000208. The summed E-state index contributed by atoms with van der Waals surface area (Å²) in [5.41, 5.74) is 2.41. The fourth-order valence-electron chi connectivity index (χ4n) is 3.06. The third-order valence-electron chi connectivity index (χ3n) is 4.42. The van der Waals surface area contributed by atoms with Crippen molar-refractivity contribution in [1.29, 1.82) is 0 Å². The van der Waals surface area contributed by atoms with Crippen molar-refractivity contribution in [1.82, 2.24) is 5.32 Å². The van der Waals surface area contributed by atoms with Gasteiger partial charge in [0.2, 0.25) is 0 Å². The van der Waals surface area contributed by atoms with E-state index in [-0.39, 0.29) is 12.4 Å². The van der Waals surface area contributed by atoms with Gasteiger partial charge in [0.1, 0.15) is 12.4 Å². The highest BCUT2D eigenvalue weighted by molar-refractivity contribution is 6.30. The fraction of sp³-hybridized carbons (Fsp3) is 0.400. The molecule has 24 heavy (non-hydrogen) atoms. The van der Waals surface area contributed by atoms with Gasteiger partial charge in [-0.05, 0) is 48.2 Å². The fourth-order valence-corrected chi connectivity index (χ4v) is 3.19. The number of ether oxygens (including phenoxy) is 1. The minimum absolute atomic E-state index is 0. The van der Waals surface area contributed by atoms with Gasteiger partial charge in [-0.15, -0.1) is 12.4 Å². The first kappa shape index (κ1) is 19.1. The molecule has 0 aromatic heterocycles. The van der Waals surface area contributed by atoms with E-state index >= 15 is 0 Å². The van der Waals surface area contributed by atoms with Crippen LogP contribution in [0.15, 0.2) is 48.5 Å². The number of rotatable bonds is 6. The quantitative estimate of drug-likeness (QED) is 0.701. The van der Waals surface area contributed by atoms with Crippen molar-refractivity contribution in [3.8, 4) is 5.75 Å². The summed E-state index contributed by atoms with van der Waals surface area (Å²) in [6.07, 6.45) is 6.75. The van der Waals surface area contributed by atoms with Gasteiger partial charge in [-0.1, -0.05) is 55.1 Å². The predicted octanol–water partition coefficient (Wildman–Crippen LogP) is 5.76. The molecule has 1 aliphatic carbocycles. The zero-order valence-electron chi connectivity index (χ0n) is 13.8. The Morgan fingerprint density at radius 2 is 1.71 bits per heavy atom. The Morgan fingerprint density at radius 1 is 0.958 bits per heavy atom. The van der Waals surface area contributed by atoms with Crippen molar-refractivity contribution < 1.29 is 4.74 Å². The molecular formula is C20H25Cl2NO. The molecule has 0 amide bonds. The highest BCUT2D eigenvalue weighted by Crippen LogP contribution is 2.19. The van der Waals surface area contributed by atoms with Gasteiger partial charge in [0.05, 0.1) is 0 Å². The maximum absolute atomic E-state index is 5.90. The molecule has 0 bridgehead atoms. The van der Waals surface area contributed by atoms with Crippen molar-refractivity contribution in [2.75, 3.05) is 0 Å². The number of benzene rings is 2. The lowest BCUT2D eigenvalue weighted by atomic mass is 9.95. The first-order valence-corrected chi connectivity index (χ1v) is 8.87. The Bertz CT molecular complexity index is 609. The summed E-state index contributed by atoms with van der Waals surface area (Å²) >= 11 is 5.90. The van der Waals surface area contributed by atoms with Crippen LogP contribution in [0, 0.1) is 0 Å². The lowest BCUT2D eigenvalue weighted by molar-refractivity contribution is 0.305. The van der Waals surface area contributed by atoms with E-state index in [2.05, 4.69) is 23.5 Å². The summed E-state index contributed by atoms with van der Waals surface area (Å²) in [4.78, 5) is 0. The second-order valence-corrected chi connectivity index (χ2v) is 6.71. The predicted molar refractivity (Wildman–Crippen MR) is 103 cm³/mol. The molecular weight excluding hydrogens is 341 g/mol. The normalized spacial score (nSPS) is 14.9. The van der Waals surface area contributed by atoms with E-state index in [1.807, 2.05) is 30.3 Å². The molecule has 2 aromatic rings. The van der Waals surface area contributed by atoms with E-state index in [1.54, 1.807) is 0 Å². The second-order valence-electron chi connectivity index (χ2n) is 6.28. The van der Waals surface area contributed by atoms with Crippen molar-refractivity contribution in [2.45, 2.75) is 51.3 Å². The van der Waals surface area contributed by atoms with Crippen LogP contribution in [0.1, 0.15) is 43.2 Å². The number of hydrogen-bond donors (Lipinski definition) is 1. The maximum atomic E-state index is 5.90. The monoisotopic (exact) mass is 365 g/mol. The summed E-state index contributed by atoms with van der Waals surface area (Å²) in [6, 6.07) is 16.8. The third-order valence-corrected chi connectivity index (χ3v) is 4.67. The molecule has 1 saturated carbocycles. The van der Waals surface area contributed by atoms with Gasteiger partial charge in [0.15, 0.2) is 0 Å². The van der Waals surface area contributed by atoms with E-state index in [4.69, 9.17) is 16.3 Å². The van der Waals surface area contributed by atoms with E-state index in [0.717, 1.165) is 22.9 Å². The molecule has 0 unspecified atom stereocenters. The van der Waals surface area contributed by atoms with Crippen LogP contribution >= 0.6 is 24.0 Å². The molecule has 2 nitrogen and oxygen atoms in total. The third kappa shape index (κ3) is 6.01. The number of nitrogens with one attached hydrogen (secondary N) is 1. The van der Waals surface area contributed by atoms with Crippen molar-refractivity contribution in [2.24, 2.45) is 0 Å². The smallest absolute Gasteiger partial charge is 0.120 e. The lowest BCUT2D eigenvalue weighted by Crippen LogP contribution is -2.30. The molecule has 1 aliphatic rings. The van der Waals surface area contributed by atoms with Gasteiger partial charge in [-0.3, -0.25) is 0 Å². The van der Waals surface area contributed by atoms with Crippen LogP contribution in [0.25, 0.3) is 0 Å². The largest absolute Gasteiger partial charge is 0.489 e. The molecule has 0 atom stereocenters. The van der Waals surface area contributed by atoms with Crippen LogP contribution in [0.3, 0.4) is 0 Å². The molecule has 0 radical (unpaired) electrons. The van der Waals surface area contributed by atoms with Gasteiger partial charge < -0.3 is 10.1 Å². The topological polar surface area (TPSA) is 21.3 Å². The molecule has 0 aliphatic heterocycles. The number of hydrogen-bond acceptors (Lipinski definition) is 2. The molecule has 0 spiro atoms. The highest BCUT2D eigenvalue weighted by Gasteiger charge is 2.12. The van der Waals surface area contributed by atoms with E-state index in [9.17, 15) is 0 Å². The summed E-state index contributed by atoms with van der Waals surface area (Å²) in [7, 11) is 0. The van der Waals surface area contributed by atoms with Crippen molar-refractivity contribution in [3.05, 3.63) is 64.7 Å². The first-order valence-electron chi connectivity index (χ1n) is 8.49. The molecule has 2 aromatic carbocycles. The van der Waals surface area contributed by atoms with Gasteiger partial charge in [-0.25, -0.2) is 0 Å². The average molecular weight is 366 g/mol. The zero-order valence-corrected chi connectivity index (χ0v) is 15.4. The second kappa shape index (κ2) is 9.93. The van der Waals surface area contributed by atoms with Gasteiger partial charge >= 0.3 is 0 Å². The van der Waals surface area contributed by atoms with E-state index in [1.165, 1.54) is 37.7 Å². The Kier molecular flexibility index (Phi) is 7.90. The Hall–Kier alpha value is -1.22. The average Bonchev–Trinajstić information content (AvgIpc) is 2.61. The van der Waals surface area contributed by atoms with Crippen LogP contribution in [0.2, 0.25) is 5.02 Å². The SMILES string of the molecule is Cl.Clc1ccc(COc2cccc(CNC3CCCCC3)c2)cc1. The van der Waals surface area contributed by atoms with Gasteiger partial charge in [0, 0.05) is 17.6 Å². The van der Waals surface area contributed by atoms with E-state index in [0.29, 0.717) is 12.6 Å². The summed E-state index contributed by atoms with van der Waals surface area (Å²) in [5.74, 6) is 0.919. The first-order chi connectivity index (χ1) is 11.3. The van der Waals surface area contributed by atoms with Crippen LogP contribution in [-0.4, -0.2) is 6.04 Å². The molecule has 3 rings (SSSR count). The van der Waals surface area contributed by atoms with Crippen molar-refractivity contribution >= 4 is 24.0 Å².